The topological polar surface area (TPSA) is 52.5 Å². The van der Waals surface area contributed by atoms with Gasteiger partial charge < -0.3 is 10.0 Å². The Labute approximate surface area is 186 Å². The fourth-order valence-electron chi connectivity index (χ4n) is 4.16. The number of benzene rings is 2. The molecule has 1 aliphatic heterocycles. The molecule has 0 spiro atoms. The van der Waals surface area contributed by atoms with Crippen LogP contribution in [0.1, 0.15) is 18.1 Å². The van der Waals surface area contributed by atoms with E-state index in [0.717, 1.165) is 55.7 Å². The molecule has 1 fully saturated rings. The molecule has 7 heteroatoms. The Bertz CT molecular complexity index is 1120. The van der Waals surface area contributed by atoms with Crippen LogP contribution in [-0.4, -0.2) is 52.7 Å². The molecular weight excluding hydrogens is 416 g/mol. The SMILES string of the molecule is Cl.OC(CCN1CCN(c2cccc3nccnc23)CC1)c1csc2ccccc12. The number of piperazine rings is 1. The van der Waals surface area contributed by atoms with Gasteiger partial charge in [-0.1, -0.05) is 24.3 Å². The lowest BCUT2D eigenvalue weighted by Crippen LogP contribution is -2.46. The number of thiophene rings is 1. The van der Waals surface area contributed by atoms with E-state index in [1.54, 1.807) is 23.7 Å². The molecule has 1 unspecified atom stereocenters. The van der Waals surface area contributed by atoms with Gasteiger partial charge in [0.15, 0.2) is 0 Å². The molecule has 0 bridgehead atoms. The van der Waals surface area contributed by atoms with Crippen molar-refractivity contribution < 1.29 is 5.11 Å². The minimum atomic E-state index is -0.405. The standard InChI is InChI=1S/C23H24N4OS.ClH/c28-21(18-16-29-22-7-2-1-4-17(18)22)8-11-26-12-14-27(15-13-26)20-6-3-5-19-23(20)25-10-9-24-19;/h1-7,9-10,16,21,28H,8,11-15H2;1H. The van der Waals surface area contributed by atoms with E-state index in [2.05, 4.69) is 55.5 Å². The van der Waals surface area contributed by atoms with Crippen LogP contribution in [0.4, 0.5) is 5.69 Å². The molecule has 0 aliphatic carbocycles. The van der Waals surface area contributed by atoms with Crippen LogP contribution < -0.4 is 4.90 Å². The van der Waals surface area contributed by atoms with E-state index >= 15 is 0 Å². The smallest absolute Gasteiger partial charge is 0.112 e. The summed E-state index contributed by atoms with van der Waals surface area (Å²) in [4.78, 5) is 13.8. The van der Waals surface area contributed by atoms with Gasteiger partial charge in [-0.25, -0.2) is 0 Å². The zero-order chi connectivity index (χ0) is 19.6. The average Bonchev–Trinajstić information content (AvgIpc) is 3.22. The highest BCUT2D eigenvalue weighted by Gasteiger charge is 2.21. The zero-order valence-electron chi connectivity index (χ0n) is 16.6. The van der Waals surface area contributed by atoms with Crippen LogP contribution in [0.25, 0.3) is 21.1 Å². The third kappa shape index (κ3) is 4.14. The van der Waals surface area contributed by atoms with Crippen molar-refractivity contribution in [2.45, 2.75) is 12.5 Å². The molecule has 3 heterocycles. The molecule has 5 rings (SSSR count). The monoisotopic (exact) mass is 440 g/mol. The highest BCUT2D eigenvalue weighted by atomic mass is 35.5. The number of halogens is 1. The molecule has 1 aliphatic rings. The minimum absolute atomic E-state index is 0. The van der Waals surface area contributed by atoms with Gasteiger partial charge in [0.2, 0.25) is 0 Å². The predicted molar refractivity (Wildman–Crippen MR) is 127 cm³/mol. The number of para-hydroxylation sites is 1. The molecule has 0 amide bonds. The normalized spacial score (nSPS) is 16.0. The maximum Gasteiger partial charge on any atom is 0.112 e. The largest absolute Gasteiger partial charge is 0.388 e. The second kappa shape index (κ2) is 9.27. The third-order valence-electron chi connectivity index (χ3n) is 5.78. The highest BCUT2D eigenvalue weighted by molar-refractivity contribution is 7.17. The van der Waals surface area contributed by atoms with E-state index in [0.29, 0.717) is 0 Å². The fourth-order valence-corrected chi connectivity index (χ4v) is 5.17. The van der Waals surface area contributed by atoms with Crippen LogP contribution in [0.3, 0.4) is 0 Å². The molecular formula is C23H25ClN4OS. The van der Waals surface area contributed by atoms with Crippen molar-refractivity contribution >= 4 is 50.6 Å². The first-order valence-corrected chi connectivity index (χ1v) is 11.0. The van der Waals surface area contributed by atoms with Crippen molar-refractivity contribution in [1.82, 2.24) is 14.9 Å². The summed E-state index contributed by atoms with van der Waals surface area (Å²) in [6.07, 6.45) is 3.86. The van der Waals surface area contributed by atoms with Gasteiger partial charge >= 0.3 is 0 Å². The van der Waals surface area contributed by atoms with Gasteiger partial charge in [-0.15, -0.1) is 23.7 Å². The number of nitrogens with zero attached hydrogens (tertiary/aromatic N) is 4. The van der Waals surface area contributed by atoms with Crippen molar-refractivity contribution in [3.05, 3.63) is 65.8 Å². The summed E-state index contributed by atoms with van der Waals surface area (Å²) >= 11 is 1.71. The number of aromatic nitrogens is 2. The van der Waals surface area contributed by atoms with Gasteiger partial charge in [0, 0.05) is 49.8 Å². The van der Waals surface area contributed by atoms with Gasteiger partial charge in [-0.05, 0) is 40.9 Å². The van der Waals surface area contributed by atoms with E-state index in [9.17, 15) is 5.11 Å². The quantitative estimate of drug-likeness (QED) is 0.494. The molecule has 0 radical (unpaired) electrons. The van der Waals surface area contributed by atoms with Crippen LogP contribution in [-0.2, 0) is 0 Å². The number of hydrogen-bond donors (Lipinski definition) is 1. The number of anilines is 1. The Hall–Kier alpha value is -2.25. The molecule has 4 aromatic rings. The lowest BCUT2D eigenvalue weighted by molar-refractivity contribution is 0.141. The lowest BCUT2D eigenvalue weighted by Gasteiger charge is -2.36. The van der Waals surface area contributed by atoms with E-state index in [1.165, 1.54) is 15.8 Å². The van der Waals surface area contributed by atoms with Crippen molar-refractivity contribution in [3.63, 3.8) is 0 Å². The first kappa shape index (κ1) is 21.0. The average molecular weight is 441 g/mol. The summed E-state index contributed by atoms with van der Waals surface area (Å²) in [6, 6.07) is 14.5. The first-order chi connectivity index (χ1) is 14.3. The third-order valence-corrected chi connectivity index (χ3v) is 6.76. The second-order valence-electron chi connectivity index (χ2n) is 7.52. The molecule has 0 saturated carbocycles. The Morgan fingerprint density at radius 1 is 0.967 bits per heavy atom. The number of rotatable bonds is 5. The summed E-state index contributed by atoms with van der Waals surface area (Å²) in [5.74, 6) is 0. The summed E-state index contributed by atoms with van der Waals surface area (Å²) in [7, 11) is 0. The Morgan fingerprint density at radius 2 is 1.77 bits per heavy atom. The molecule has 2 aromatic heterocycles. The molecule has 1 saturated heterocycles. The highest BCUT2D eigenvalue weighted by Crippen LogP contribution is 2.32. The van der Waals surface area contributed by atoms with Gasteiger partial charge in [0.25, 0.3) is 0 Å². The Morgan fingerprint density at radius 3 is 2.63 bits per heavy atom. The lowest BCUT2D eigenvalue weighted by atomic mass is 10.1. The van der Waals surface area contributed by atoms with E-state index in [4.69, 9.17) is 0 Å². The van der Waals surface area contributed by atoms with Gasteiger partial charge in [-0.2, -0.15) is 0 Å². The van der Waals surface area contributed by atoms with E-state index < -0.39 is 6.10 Å². The maximum absolute atomic E-state index is 10.7. The molecule has 156 valence electrons. The summed E-state index contributed by atoms with van der Waals surface area (Å²) in [6.45, 7) is 4.83. The van der Waals surface area contributed by atoms with Crippen LogP contribution in [0, 0.1) is 0 Å². The predicted octanol–water partition coefficient (Wildman–Crippen LogP) is 4.51. The van der Waals surface area contributed by atoms with Crippen molar-refractivity contribution in [2.24, 2.45) is 0 Å². The van der Waals surface area contributed by atoms with Crippen LogP contribution in [0.5, 0.6) is 0 Å². The first-order valence-electron chi connectivity index (χ1n) is 10.1. The maximum atomic E-state index is 10.7. The van der Waals surface area contributed by atoms with Crippen molar-refractivity contribution in [3.8, 4) is 0 Å². The van der Waals surface area contributed by atoms with Crippen LogP contribution >= 0.6 is 23.7 Å². The number of fused-ring (bicyclic) bond motifs is 2. The number of aliphatic hydroxyl groups excluding tert-OH is 1. The number of aliphatic hydroxyl groups is 1. The second-order valence-corrected chi connectivity index (χ2v) is 8.43. The molecule has 5 nitrogen and oxygen atoms in total. The Kier molecular flexibility index (Phi) is 6.49. The molecule has 1 atom stereocenters. The Balaban J connectivity index is 0.00000218. The van der Waals surface area contributed by atoms with E-state index in [1.807, 2.05) is 12.1 Å². The summed E-state index contributed by atoms with van der Waals surface area (Å²) in [5.41, 5.74) is 4.15. The zero-order valence-corrected chi connectivity index (χ0v) is 18.3. The van der Waals surface area contributed by atoms with Crippen LogP contribution in [0.2, 0.25) is 0 Å². The van der Waals surface area contributed by atoms with Gasteiger partial charge in [-0.3, -0.25) is 14.9 Å². The van der Waals surface area contributed by atoms with Crippen LogP contribution in [0.15, 0.2) is 60.2 Å². The van der Waals surface area contributed by atoms with Crippen molar-refractivity contribution in [2.75, 3.05) is 37.6 Å². The minimum Gasteiger partial charge on any atom is -0.388 e. The van der Waals surface area contributed by atoms with Gasteiger partial charge in [0.05, 0.1) is 17.3 Å². The summed E-state index contributed by atoms with van der Waals surface area (Å²) in [5, 5.41) is 14.0. The summed E-state index contributed by atoms with van der Waals surface area (Å²) < 4.78 is 1.24. The fraction of sp³-hybridized carbons (Fsp3) is 0.304. The number of hydrogen-bond acceptors (Lipinski definition) is 6. The van der Waals surface area contributed by atoms with E-state index in [-0.39, 0.29) is 12.4 Å². The molecule has 2 aromatic carbocycles. The molecule has 30 heavy (non-hydrogen) atoms. The van der Waals surface area contributed by atoms with Crippen molar-refractivity contribution in [1.29, 1.82) is 0 Å². The van der Waals surface area contributed by atoms with Gasteiger partial charge in [0.1, 0.15) is 5.52 Å². The molecule has 1 N–H and O–H groups in total.